The second-order valence-corrected chi connectivity index (χ2v) is 5.85. The number of ether oxygens (including phenoxy) is 1. The number of halogens is 2. The number of aliphatic hydroxyl groups excluding tert-OH is 1. The molecular formula is C13H16BrClN2O3. The maximum Gasteiger partial charge on any atom is 0.257 e. The highest BCUT2D eigenvalue weighted by Crippen LogP contribution is 2.22. The zero-order valence-electron chi connectivity index (χ0n) is 10.9. The Hall–Kier alpha value is -0.690. The van der Waals surface area contributed by atoms with Crippen molar-refractivity contribution in [3.05, 3.63) is 27.5 Å². The molecule has 1 aromatic heterocycles. The van der Waals surface area contributed by atoms with Crippen LogP contribution in [0.25, 0.3) is 0 Å². The van der Waals surface area contributed by atoms with Crippen molar-refractivity contribution in [3.63, 3.8) is 0 Å². The normalized spacial score (nSPS) is 16.4. The van der Waals surface area contributed by atoms with Gasteiger partial charge in [0, 0.05) is 23.8 Å². The van der Waals surface area contributed by atoms with E-state index < -0.39 is 0 Å². The summed E-state index contributed by atoms with van der Waals surface area (Å²) in [6, 6.07) is 1.69. The molecule has 1 aliphatic rings. The van der Waals surface area contributed by atoms with Gasteiger partial charge in [-0.3, -0.25) is 4.79 Å². The maximum atomic E-state index is 12.4. The average Bonchev–Trinajstić information content (AvgIpc) is 2.47. The predicted molar refractivity (Wildman–Crippen MR) is 78.9 cm³/mol. The Bertz CT molecular complexity index is 479. The molecule has 0 saturated carbocycles. The van der Waals surface area contributed by atoms with E-state index in [1.807, 2.05) is 0 Å². The third kappa shape index (κ3) is 3.91. The van der Waals surface area contributed by atoms with Crippen LogP contribution in [0, 0.1) is 0 Å². The number of carbonyl (C=O) groups excluding carboxylic acids is 1. The Kier molecular flexibility index (Phi) is 5.77. The van der Waals surface area contributed by atoms with Crippen LogP contribution in [0.5, 0.6) is 0 Å². The number of pyridine rings is 1. The number of nitrogens with zero attached hydrogens (tertiary/aromatic N) is 2. The van der Waals surface area contributed by atoms with Gasteiger partial charge in [0.2, 0.25) is 0 Å². The van der Waals surface area contributed by atoms with Crippen LogP contribution < -0.4 is 0 Å². The predicted octanol–water partition coefficient (Wildman–Crippen LogP) is 2.11. The number of aliphatic hydroxyl groups is 1. The summed E-state index contributed by atoms with van der Waals surface area (Å²) in [5, 5.41) is 8.95. The second-order valence-electron chi connectivity index (χ2n) is 4.58. The molecule has 7 heteroatoms. The van der Waals surface area contributed by atoms with Crippen molar-refractivity contribution in [1.82, 2.24) is 9.88 Å². The van der Waals surface area contributed by atoms with Crippen LogP contribution in [0.1, 0.15) is 23.2 Å². The lowest BCUT2D eigenvalue weighted by Crippen LogP contribution is -2.41. The highest BCUT2D eigenvalue weighted by Gasteiger charge is 2.25. The highest BCUT2D eigenvalue weighted by atomic mass is 79.9. The number of likely N-dealkylation sites (tertiary alicyclic amines) is 1. The van der Waals surface area contributed by atoms with Crippen molar-refractivity contribution in [2.45, 2.75) is 18.9 Å². The van der Waals surface area contributed by atoms with Crippen LogP contribution in [-0.4, -0.2) is 53.3 Å². The van der Waals surface area contributed by atoms with Gasteiger partial charge in [-0.1, -0.05) is 11.6 Å². The Labute approximate surface area is 131 Å². The summed E-state index contributed by atoms with van der Waals surface area (Å²) in [5.74, 6) is -0.107. The van der Waals surface area contributed by atoms with E-state index in [4.69, 9.17) is 21.4 Å². The highest BCUT2D eigenvalue weighted by molar-refractivity contribution is 9.10. The number of rotatable bonds is 4. The lowest BCUT2D eigenvalue weighted by molar-refractivity contribution is -0.00554. The summed E-state index contributed by atoms with van der Waals surface area (Å²) in [5.41, 5.74) is 0.413. The van der Waals surface area contributed by atoms with Gasteiger partial charge in [0.25, 0.3) is 5.91 Å². The summed E-state index contributed by atoms with van der Waals surface area (Å²) >= 11 is 9.27. The third-order valence-corrected chi connectivity index (χ3v) is 3.95. The molecule has 110 valence electrons. The minimum absolute atomic E-state index is 0.0263. The minimum atomic E-state index is -0.107. The molecule has 1 N–H and O–H groups in total. The molecule has 1 fully saturated rings. The average molecular weight is 364 g/mol. The van der Waals surface area contributed by atoms with Gasteiger partial charge in [0.1, 0.15) is 5.15 Å². The van der Waals surface area contributed by atoms with Crippen LogP contribution in [0.4, 0.5) is 0 Å². The van der Waals surface area contributed by atoms with E-state index >= 15 is 0 Å². The zero-order chi connectivity index (χ0) is 14.5. The fourth-order valence-corrected chi connectivity index (χ4v) is 2.70. The number of piperidine rings is 1. The lowest BCUT2D eigenvalue weighted by atomic mass is 10.1. The fraction of sp³-hybridized carbons (Fsp3) is 0.538. The van der Waals surface area contributed by atoms with E-state index in [0.29, 0.717) is 25.3 Å². The molecular weight excluding hydrogens is 348 g/mol. The summed E-state index contributed by atoms with van der Waals surface area (Å²) < 4.78 is 6.20. The van der Waals surface area contributed by atoms with Gasteiger partial charge < -0.3 is 14.7 Å². The number of amides is 1. The van der Waals surface area contributed by atoms with E-state index in [2.05, 4.69) is 20.9 Å². The van der Waals surface area contributed by atoms with Crippen LogP contribution in [0.3, 0.4) is 0 Å². The zero-order valence-corrected chi connectivity index (χ0v) is 13.2. The number of carbonyl (C=O) groups is 1. The van der Waals surface area contributed by atoms with Crippen molar-refractivity contribution in [1.29, 1.82) is 0 Å². The largest absolute Gasteiger partial charge is 0.394 e. The van der Waals surface area contributed by atoms with Crippen LogP contribution in [0.15, 0.2) is 16.7 Å². The first-order valence-electron chi connectivity index (χ1n) is 6.44. The monoisotopic (exact) mass is 362 g/mol. The minimum Gasteiger partial charge on any atom is -0.394 e. The molecule has 1 saturated heterocycles. The van der Waals surface area contributed by atoms with E-state index in [1.54, 1.807) is 17.2 Å². The molecule has 1 amide bonds. The molecule has 0 atom stereocenters. The summed E-state index contributed by atoms with van der Waals surface area (Å²) in [6.07, 6.45) is 3.21. The number of hydrogen-bond donors (Lipinski definition) is 1. The Morgan fingerprint density at radius 3 is 2.90 bits per heavy atom. The lowest BCUT2D eigenvalue weighted by Gasteiger charge is -2.32. The van der Waals surface area contributed by atoms with Crippen molar-refractivity contribution in [2.24, 2.45) is 0 Å². The molecule has 2 rings (SSSR count). The summed E-state index contributed by atoms with van der Waals surface area (Å²) in [6.45, 7) is 1.62. The second kappa shape index (κ2) is 7.36. The standard InChI is InChI=1S/C13H16BrClN2O3/c14-9-7-11(12(15)16-8-9)13(19)17-3-1-10(2-4-17)20-6-5-18/h7-8,10,18H,1-6H2. The Morgan fingerprint density at radius 1 is 1.55 bits per heavy atom. The molecule has 0 unspecified atom stereocenters. The smallest absolute Gasteiger partial charge is 0.257 e. The van der Waals surface area contributed by atoms with Crippen molar-refractivity contribution in [3.8, 4) is 0 Å². The van der Waals surface area contributed by atoms with Gasteiger partial charge in [0.05, 0.1) is 24.9 Å². The van der Waals surface area contributed by atoms with Gasteiger partial charge in [-0.05, 0) is 34.8 Å². The van der Waals surface area contributed by atoms with Crippen molar-refractivity contribution in [2.75, 3.05) is 26.3 Å². The summed E-state index contributed by atoms with van der Waals surface area (Å²) in [7, 11) is 0. The molecule has 20 heavy (non-hydrogen) atoms. The third-order valence-electron chi connectivity index (χ3n) is 3.21. The molecule has 0 aromatic carbocycles. The molecule has 1 aromatic rings. The molecule has 0 radical (unpaired) electrons. The van der Waals surface area contributed by atoms with Crippen molar-refractivity contribution >= 4 is 33.4 Å². The number of hydrogen-bond acceptors (Lipinski definition) is 4. The SMILES string of the molecule is O=C(c1cc(Br)cnc1Cl)N1CCC(OCCO)CC1. The number of aromatic nitrogens is 1. The van der Waals surface area contributed by atoms with E-state index in [0.717, 1.165) is 17.3 Å². The fourth-order valence-electron chi connectivity index (χ4n) is 2.19. The molecule has 5 nitrogen and oxygen atoms in total. The molecule has 0 aliphatic carbocycles. The van der Waals surface area contributed by atoms with E-state index in [-0.39, 0.29) is 23.8 Å². The topological polar surface area (TPSA) is 62.7 Å². The Morgan fingerprint density at radius 2 is 2.25 bits per heavy atom. The van der Waals surface area contributed by atoms with Gasteiger partial charge >= 0.3 is 0 Å². The van der Waals surface area contributed by atoms with Gasteiger partial charge in [-0.15, -0.1) is 0 Å². The first-order chi connectivity index (χ1) is 9.61. The quantitative estimate of drug-likeness (QED) is 0.832. The Balaban J connectivity index is 1.96. The first-order valence-corrected chi connectivity index (χ1v) is 7.61. The van der Waals surface area contributed by atoms with E-state index in [1.165, 1.54) is 0 Å². The van der Waals surface area contributed by atoms with Gasteiger partial charge in [-0.2, -0.15) is 0 Å². The molecule has 0 bridgehead atoms. The van der Waals surface area contributed by atoms with Crippen LogP contribution in [0.2, 0.25) is 5.15 Å². The van der Waals surface area contributed by atoms with Crippen LogP contribution >= 0.6 is 27.5 Å². The molecule has 1 aliphatic heterocycles. The van der Waals surface area contributed by atoms with Crippen LogP contribution in [-0.2, 0) is 4.74 Å². The maximum absolute atomic E-state index is 12.4. The van der Waals surface area contributed by atoms with Gasteiger partial charge in [0.15, 0.2) is 0 Å². The molecule has 0 spiro atoms. The molecule has 2 heterocycles. The van der Waals surface area contributed by atoms with Gasteiger partial charge in [-0.25, -0.2) is 4.98 Å². The first kappa shape index (κ1) is 15.7. The van der Waals surface area contributed by atoms with Crippen molar-refractivity contribution < 1.29 is 14.6 Å². The van der Waals surface area contributed by atoms with E-state index in [9.17, 15) is 4.79 Å². The summed E-state index contributed by atoms with van der Waals surface area (Å²) in [4.78, 5) is 18.1.